The van der Waals surface area contributed by atoms with E-state index < -0.39 is 0 Å². The summed E-state index contributed by atoms with van der Waals surface area (Å²) in [6.07, 6.45) is 3.86. The van der Waals surface area contributed by atoms with Gasteiger partial charge in [-0.3, -0.25) is 4.79 Å². The second-order valence-electron chi connectivity index (χ2n) is 4.88. The van der Waals surface area contributed by atoms with Crippen LogP contribution in [0.25, 0.3) is 0 Å². The summed E-state index contributed by atoms with van der Waals surface area (Å²) in [6, 6.07) is 2.30. The van der Waals surface area contributed by atoms with Gasteiger partial charge in [0.2, 0.25) is 5.91 Å². The molecule has 1 unspecified atom stereocenters. The van der Waals surface area contributed by atoms with E-state index in [-0.39, 0.29) is 10.7 Å². The number of hydrogen-bond acceptors (Lipinski definition) is 3. The van der Waals surface area contributed by atoms with Gasteiger partial charge >= 0.3 is 0 Å². The number of hydrogen-bond donors (Lipinski definition) is 0. The first kappa shape index (κ1) is 11.8. The molecule has 4 heteroatoms. The normalized spacial score (nSPS) is 31.4. The Bertz CT molecular complexity index is 309. The molecule has 2 saturated heterocycles. The first-order valence-electron chi connectivity index (χ1n) is 5.99. The van der Waals surface area contributed by atoms with Gasteiger partial charge in [-0.15, -0.1) is 11.8 Å². The lowest BCUT2D eigenvalue weighted by molar-refractivity contribution is -0.134. The van der Waals surface area contributed by atoms with E-state index in [1.165, 1.54) is 0 Å². The topological polar surface area (TPSA) is 44.1 Å². The molecule has 88 valence electrons. The maximum absolute atomic E-state index is 12.3. The summed E-state index contributed by atoms with van der Waals surface area (Å²) in [5.41, 5.74) is 0. The van der Waals surface area contributed by atoms with Gasteiger partial charge in [-0.25, -0.2) is 0 Å². The molecule has 1 atom stereocenters. The number of carbonyl (C=O) groups excluding carboxylic acids is 1. The summed E-state index contributed by atoms with van der Waals surface area (Å²) in [6.45, 7) is 3.61. The molecule has 0 aliphatic carbocycles. The van der Waals surface area contributed by atoms with Crippen LogP contribution in [0.5, 0.6) is 0 Å². The number of carbonyl (C=O) groups is 1. The van der Waals surface area contributed by atoms with Crippen molar-refractivity contribution in [3.63, 3.8) is 0 Å². The van der Waals surface area contributed by atoms with Gasteiger partial charge in [0.05, 0.1) is 10.8 Å². The molecule has 0 spiro atoms. The van der Waals surface area contributed by atoms with Crippen LogP contribution in [0.3, 0.4) is 0 Å². The Morgan fingerprint density at radius 3 is 2.69 bits per heavy atom. The lowest BCUT2D eigenvalue weighted by atomic mass is 9.96. The van der Waals surface area contributed by atoms with Crippen LogP contribution in [0.4, 0.5) is 0 Å². The minimum atomic E-state index is -0.181. The zero-order chi connectivity index (χ0) is 11.6. The second-order valence-corrected chi connectivity index (χ2v) is 6.48. The predicted molar refractivity (Wildman–Crippen MR) is 65.0 cm³/mol. The molecule has 0 saturated carbocycles. The van der Waals surface area contributed by atoms with E-state index in [1.54, 1.807) is 11.8 Å². The van der Waals surface area contributed by atoms with E-state index in [1.807, 2.05) is 4.90 Å². The minimum Gasteiger partial charge on any atom is -0.341 e. The van der Waals surface area contributed by atoms with Crippen LogP contribution in [0, 0.1) is 17.2 Å². The average molecular weight is 238 g/mol. The molecule has 0 N–H and O–H groups in total. The molecule has 0 radical (unpaired) electrons. The Morgan fingerprint density at radius 1 is 1.50 bits per heavy atom. The van der Waals surface area contributed by atoms with Gasteiger partial charge in [0.1, 0.15) is 0 Å². The molecule has 0 aromatic rings. The standard InChI is InChI=1S/C12H18N2OS/c1-12(5-2-8-16-12)11(15)14-6-3-10(9-13)4-7-14/h10H,2-8H2,1H3. The first-order chi connectivity index (χ1) is 7.65. The fourth-order valence-electron chi connectivity index (χ4n) is 2.49. The van der Waals surface area contributed by atoms with Gasteiger partial charge in [-0.2, -0.15) is 5.26 Å². The maximum atomic E-state index is 12.3. The zero-order valence-corrected chi connectivity index (χ0v) is 10.6. The SMILES string of the molecule is CC1(C(=O)N2CCC(C#N)CC2)CCCS1. The third kappa shape index (κ3) is 2.20. The quantitative estimate of drug-likeness (QED) is 0.702. The van der Waals surface area contributed by atoms with Crippen molar-refractivity contribution in [1.82, 2.24) is 4.90 Å². The summed E-state index contributed by atoms with van der Waals surface area (Å²) in [5.74, 6) is 1.57. The number of nitriles is 1. The van der Waals surface area contributed by atoms with Gasteiger partial charge in [-0.1, -0.05) is 0 Å². The molecule has 3 nitrogen and oxygen atoms in total. The lowest BCUT2D eigenvalue weighted by Gasteiger charge is -2.34. The molecule has 2 fully saturated rings. The molecular weight excluding hydrogens is 220 g/mol. The third-order valence-corrected chi connectivity index (χ3v) is 5.14. The first-order valence-corrected chi connectivity index (χ1v) is 6.97. The van der Waals surface area contributed by atoms with E-state index in [4.69, 9.17) is 5.26 Å². The molecule has 2 aliphatic rings. The van der Waals surface area contributed by atoms with Gasteiger partial charge < -0.3 is 4.90 Å². The van der Waals surface area contributed by atoms with Gasteiger partial charge in [0.25, 0.3) is 0 Å². The minimum absolute atomic E-state index is 0.160. The van der Waals surface area contributed by atoms with Crippen LogP contribution in [0.15, 0.2) is 0 Å². The Labute approximate surface area is 101 Å². The van der Waals surface area contributed by atoms with Crippen LogP contribution in [0.2, 0.25) is 0 Å². The Kier molecular flexibility index (Phi) is 3.44. The van der Waals surface area contributed by atoms with Crippen LogP contribution in [-0.2, 0) is 4.79 Å². The van der Waals surface area contributed by atoms with Crippen molar-refractivity contribution in [2.75, 3.05) is 18.8 Å². The number of nitrogens with zero attached hydrogens (tertiary/aromatic N) is 2. The van der Waals surface area contributed by atoms with Crippen molar-refractivity contribution in [2.24, 2.45) is 5.92 Å². The zero-order valence-electron chi connectivity index (χ0n) is 9.74. The number of likely N-dealkylation sites (tertiary alicyclic amines) is 1. The molecule has 0 aromatic carbocycles. The molecule has 2 heterocycles. The van der Waals surface area contributed by atoms with Crippen LogP contribution in [0.1, 0.15) is 32.6 Å². The fourth-order valence-corrected chi connectivity index (χ4v) is 3.77. The van der Waals surface area contributed by atoms with Crippen molar-refractivity contribution in [2.45, 2.75) is 37.4 Å². The maximum Gasteiger partial charge on any atom is 0.238 e. The van der Waals surface area contributed by atoms with Crippen LogP contribution in [-0.4, -0.2) is 34.4 Å². The van der Waals surface area contributed by atoms with E-state index in [0.717, 1.165) is 44.5 Å². The monoisotopic (exact) mass is 238 g/mol. The highest BCUT2D eigenvalue weighted by atomic mass is 32.2. The summed E-state index contributed by atoms with van der Waals surface area (Å²) >= 11 is 1.80. The summed E-state index contributed by atoms with van der Waals surface area (Å²) in [5, 5.41) is 8.82. The number of amides is 1. The second kappa shape index (κ2) is 4.67. The highest BCUT2D eigenvalue weighted by molar-refractivity contribution is 8.01. The van der Waals surface area contributed by atoms with Crippen molar-refractivity contribution >= 4 is 17.7 Å². The van der Waals surface area contributed by atoms with Gasteiger partial charge in [0, 0.05) is 19.0 Å². The fraction of sp³-hybridized carbons (Fsp3) is 0.833. The predicted octanol–water partition coefficient (Wildman–Crippen LogP) is 2.03. The molecule has 0 aromatic heterocycles. The Hall–Kier alpha value is -0.690. The summed E-state index contributed by atoms with van der Waals surface area (Å²) in [4.78, 5) is 14.3. The molecule has 2 rings (SSSR count). The summed E-state index contributed by atoms with van der Waals surface area (Å²) < 4.78 is -0.181. The average Bonchev–Trinajstić information content (AvgIpc) is 2.77. The van der Waals surface area contributed by atoms with Crippen LogP contribution >= 0.6 is 11.8 Å². The van der Waals surface area contributed by atoms with Crippen molar-refractivity contribution in [3.8, 4) is 6.07 Å². The number of rotatable bonds is 1. The lowest BCUT2D eigenvalue weighted by Crippen LogP contribution is -2.47. The van der Waals surface area contributed by atoms with Crippen molar-refractivity contribution in [3.05, 3.63) is 0 Å². The molecule has 16 heavy (non-hydrogen) atoms. The number of piperidine rings is 1. The molecule has 1 amide bonds. The van der Waals surface area contributed by atoms with E-state index >= 15 is 0 Å². The Balaban J connectivity index is 1.94. The van der Waals surface area contributed by atoms with Crippen molar-refractivity contribution in [1.29, 1.82) is 5.26 Å². The van der Waals surface area contributed by atoms with E-state index in [2.05, 4.69) is 13.0 Å². The summed E-state index contributed by atoms with van der Waals surface area (Å²) in [7, 11) is 0. The highest BCUT2D eigenvalue weighted by Gasteiger charge is 2.40. The molecule has 0 bridgehead atoms. The van der Waals surface area contributed by atoms with E-state index in [9.17, 15) is 4.79 Å². The van der Waals surface area contributed by atoms with E-state index in [0.29, 0.717) is 5.91 Å². The van der Waals surface area contributed by atoms with Crippen molar-refractivity contribution < 1.29 is 4.79 Å². The Morgan fingerprint density at radius 2 is 2.19 bits per heavy atom. The number of thioether (sulfide) groups is 1. The smallest absolute Gasteiger partial charge is 0.238 e. The highest BCUT2D eigenvalue weighted by Crippen LogP contribution is 2.39. The van der Waals surface area contributed by atoms with Gasteiger partial charge in [0.15, 0.2) is 0 Å². The largest absolute Gasteiger partial charge is 0.341 e. The van der Waals surface area contributed by atoms with Crippen LogP contribution < -0.4 is 0 Å². The van der Waals surface area contributed by atoms with Gasteiger partial charge in [-0.05, 0) is 38.4 Å². The molecular formula is C12H18N2OS. The molecule has 2 aliphatic heterocycles. The third-order valence-electron chi connectivity index (χ3n) is 3.64.